The van der Waals surface area contributed by atoms with E-state index in [-0.39, 0.29) is 11.4 Å². The lowest BCUT2D eigenvalue weighted by atomic mass is 10.1. The van der Waals surface area contributed by atoms with Crippen LogP contribution in [0.4, 0.5) is 0 Å². The Balaban J connectivity index is 2.28. The van der Waals surface area contributed by atoms with Gasteiger partial charge in [-0.1, -0.05) is 30.3 Å². The molecule has 17 heavy (non-hydrogen) atoms. The largest absolute Gasteiger partial charge is 0.459 e. The number of nitrogens with zero attached hydrogens (tertiary/aromatic N) is 1. The quantitative estimate of drug-likeness (QED) is 0.750. The van der Waals surface area contributed by atoms with Gasteiger partial charge in [-0.05, 0) is 5.56 Å². The molecule has 2 aromatic rings. The predicted octanol–water partition coefficient (Wildman–Crippen LogP) is 1.25. The Bertz CT molecular complexity index is 617. The molecule has 2 heterocycles. The average Bonchev–Trinajstić information content (AvgIpc) is 2.78. The van der Waals surface area contributed by atoms with Gasteiger partial charge in [-0.15, -0.1) is 4.57 Å². The van der Waals surface area contributed by atoms with Crippen molar-refractivity contribution in [2.45, 2.75) is 19.4 Å². The zero-order valence-electron chi connectivity index (χ0n) is 9.22. The second-order valence-corrected chi connectivity index (χ2v) is 4.10. The molecule has 0 spiro atoms. The van der Waals surface area contributed by atoms with Gasteiger partial charge in [-0.25, -0.2) is 4.79 Å². The van der Waals surface area contributed by atoms with Gasteiger partial charge in [0.15, 0.2) is 12.1 Å². The highest BCUT2D eigenvalue weighted by atomic mass is 16.4. The summed E-state index contributed by atoms with van der Waals surface area (Å²) in [5.41, 5.74) is 0.457. The Labute approximate surface area is 97.8 Å². The topological polar surface area (TPSA) is 54.3 Å². The SMILES string of the molecule is O=c1oc2[n+](c(O)c1-c1ccccc1)CCC2. The van der Waals surface area contributed by atoms with Crippen LogP contribution >= 0.6 is 0 Å². The molecule has 0 fully saturated rings. The van der Waals surface area contributed by atoms with Gasteiger partial charge in [0.1, 0.15) is 0 Å². The first kappa shape index (κ1) is 10.1. The first-order chi connectivity index (χ1) is 8.27. The Morgan fingerprint density at radius 1 is 1.24 bits per heavy atom. The molecule has 1 aliphatic rings. The summed E-state index contributed by atoms with van der Waals surface area (Å²) in [6.45, 7) is 0.699. The van der Waals surface area contributed by atoms with E-state index >= 15 is 0 Å². The van der Waals surface area contributed by atoms with Gasteiger partial charge >= 0.3 is 17.4 Å². The van der Waals surface area contributed by atoms with Crippen LogP contribution in [0.15, 0.2) is 39.5 Å². The van der Waals surface area contributed by atoms with Crippen LogP contribution in [0.1, 0.15) is 12.3 Å². The zero-order valence-corrected chi connectivity index (χ0v) is 9.22. The van der Waals surface area contributed by atoms with E-state index in [9.17, 15) is 9.90 Å². The molecule has 0 aliphatic carbocycles. The number of hydrogen-bond acceptors (Lipinski definition) is 3. The average molecular weight is 230 g/mol. The molecule has 0 amide bonds. The molecule has 0 radical (unpaired) electrons. The van der Waals surface area contributed by atoms with Crippen LogP contribution in [-0.4, -0.2) is 5.11 Å². The van der Waals surface area contributed by atoms with Crippen LogP contribution < -0.4 is 10.2 Å². The lowest BCUT2D eigenvalue weighted by Gasteiger charge is -2.01. The van der Waals surface area contributed by atoms with Gasteiger partial charge in [-0.3, -0.25) is 0 Å². The first-order valence-electron chi connectivity index (χ1n) is 5.61. The van der Waals surface area contributed by atoms with Crippen LogP contribution in [0.3, 0.4) is 0 Å². The summed E-state index contributed by atoms with van der Waals surface area (Å²) in [4.78, 5) is 11.9. The number of hydrogen-bond donors (Lipinski definition) is 1. The Morgan fingerprint density at radius 2 is 2.00 bits per heavy atom. The number of rotatable bonds is 1. The number of fused-ring (bicyclic) bond motifs is 1. The van der Waals surface area contributed by atoms with Crippen molar-refractivity contribution in [2.24, 2.45) is 0 Å². The third kappa shape index (κ3) is 1.53. The highest BCUT2D eigenvalue weighted by Gasteiger charge is 2.31. The summed E-state index contributed by atoms with van der Waals surface area (Å²) in [5, 5.41) is 10.1. The molecule has 0 unspecified atom stereocenters. The number of aromatic hydroxyl groups is 1. The van der Waals surface area contributed by atoms with E-state index < -0.39 is 5.63 Å². The summed E-state index contributed by atoms with van der Waals surface area (Å²) >= 11 is 0. The van der Waals surface area contributed by atoms with Crippen LogP contribution in [-0.2, 0) is 13.0 Å². The maximum atomic E-state index is 11.9. The first-order valence-corrected chi connectivity index (χ1v) is 5.61. The lowest BCUT2D eigenvalue weighted by Crippen LogP contribution is -2.36. The summed E-state index contributed by atoms with van der Waals surface area (Å²) in [6.07, 6.45) is 1.60. The summed E-state index contributed by atoms with van der Waals surface area (Å²) in [5.74, 6) is 0.576. The predicted molar refractivity (Wildman–Crippen MR) is 60.6 cm³/mol. The van der Waals surface area contributed by atoms with Gasteiger partial charge in [0.05, 0.1) is 6.42 Å². The van der Waals surface area contributed by atoms with E-state index in [1.807, 2.05) is 18.2 Å². The minimum Gasteiger partial charge on any atom is -0.459 e. The standard InChI is InChI=1S/C13H11NO3/c15-12-11(9-5-2-1-3-6-9)13(16)17-10-7-4-8-14(10)12/h1-3,5-6H,4,7-8H2/p+1. The van der Waals surface area contributed by atoms with Gasteiger partial charge in [0.2, 0.25) is 0 Å². The van der Waals surface area contributed by atoms with Crippen molar-refractivity contribution >= 4 is 0 Å². The number of benzene rings is 1. The van der Waals surface area contributed by atoms with E-state index in [2.05, 4.69) is 0 Å². The summed E-state index contributed by atoms with van der Waals surface area (Å²) in [6, 6.07) is 9.09. The van der Waals surface area contributed by atoms with E-state index in [0.29, 0.717) is 24.4 Å². The van der Waals surface area contributed by atoms with Crippen molar-refractivity contribution in [1.82, 2.24) is 0 Å². The van der Waals surface area contributed by atoms with Crippen molar-refractivity contribution in [3.05, 3.63) is 46.6 Å². The monoisotopic (exact) mass is 230 g/mol. The van der Waals surface area contributed by atoms with Crippen molar-refractivity contribution in [1.29, 1.82) is 0 Å². The third-order valence-corrected chi connectivity index (χ3v) is 3.03. The molecule has 3 rings (SSSR count). The van der Waals surface area contributed by atoms with Crippen LogP contribution in [0, 0.1) is 0 Å². The molecule has 1 aliphatic heterocycles. The molecule has 0 bridgehead atoms. The smallest absolute Gasteiger partial charge is 0.383 e. The van der Waals surface area contributed by atoms with E-state index in [1.54, 1.807) is 16.7 Å². The molecule has 4 heteroatoms. The van der Waals surface area contributed by atoms with Crippen LogP contribution in [0.2, 0.25) is 0 Å². The fourth-order valence-electron chi connectivity index (χ4n) is 2.21. The van der Waals surface area contributed by atoms with Gasteiger partial charge in [-0.2, -0.15) is 0 Å². The Kier molecular flexibility index (Phi) is 2.21. The highest BCUT2D eigenvalue weighted by Crippen LogP contribution is 2.24. The van der Waals surface area contributed by atoms with Crippen molar-refractivity contribution < 1.29 is 14.1 Å². The van der Waals surface area contributed by atoms with E-state index in [4.69, 9.17) is 4.42 Å². The number of aromatic nitrogens is 1. The molecular formula is C13H12NO3+. The maximum Gasteiger partial charge on any atom is 0.383 e. The number of aryl methyl sites for hydroxylation is 1. The second-order valence-electron chi connectivity index (χ2n) is 4.10. The van der Waals surface area contributed by atoms with Gasteiger partial charge < -0.3 is 9.52 Å². The normalized spacial score (nSPS) is 13.6. The van der Waals surface area contributed by atoms with E-state index in [1.165, 1.54) is 0 Å². The molecule has 0 saturated heterocycles. The second kappa shape index (κ2) is 3.73. The Hall–Kier alpha value is -2.10. The minimum absolute atomic E-state index is 0.0138. The van der Waals surface area contributed by atoms with Gasteiger partial charge in [0, 0.05) is 6.42 Å². The molecule has 4 nitrogen and oxygen atoms in total. The van der Waals surface area contributed by atoms with Crippen molar-refractivity contribution in [3.8, 4) is 17.0 Å². The van der Waals surface area contributed by atoms with Crippen molar-refractivity contribution in [3.63, 3.8) is 0 Å². The van der Waals surface area contributed by atoms with Crippen LogP contribution in [0.5, 0.6) is 5.88 Å². The minimum atomic E-state index is -0.471. The Morgan fingerprint density at radius 3 is 2.76 bits per heavy atom. The molecular weight excluding hydrogens is 218 g/mol. The lowest BCUT2D eigenvalue weighted by molar-refractivity contribution is -0.706. The van der Waals surface area contributed by atoms with Gasteiger partial charge in [0.25, 0.3) is 0 Å². The highest BCUT2D eigenvalue weighted by molar-refractivity contribution is 5.65. The molecule has 1 N–H and O–H groups in total. The zero-order chi connectivity index (χ0) is 11.8. The van der Waals surface area contributed by atoms with Crippen LogP contribution in [0.25, 0.3) is 11.1 Å². The molecule has 1 aromatic carbocycles. The fourth-order valence-corrected chi connectivity index (χ4v) is 2.21. The molecule has 0 saturated carbocycles. The fraction of sp³-hybridized carbons (Fsp3) is 0.231. The maximum absolute atomic E-state index is 11.9. The van der Waals surface area contributed by atoms with E-state index in [0.717, 1.165) is 6.42 Å². The van der Waals surface area contributed by atoms with Crippen molar-refractivity contribution in [2.75, 3.05) is 0 Å². The molecule has 0 atom stereocenters. The third-order valence-electron chi connectivity index (χ3n) is 3.03. The summed E-state index contributed by atoms with van der Waals surface area (Å²) < 4.78 is 6.90. The molecule has 86 valence electrons. The summed E-state index contributed by atoms with van der Waals surface area (Å²) in [7, 11) is 0. The molecule has 1 aromatic heterocycles.